The number of aliphatic carboxylic acids is 1. The Morgan fingerprint density at radius 2 is 1.75 bits per heavy atom. The molecule has 110 valence electrons. The molecule has 2 atom stereocenters. The maximum Gasteiger partial charge on any atom is 0.326 e. The predicted molar refractivity (Wildman–Crippen MR) is 78.5 cm³/mol. The number of carbonyl (C=O) groups excluding carboxylic acids is 1. The highest BCUT2D eigenvalue weighted by molar-refractivity contribution is 5.88. The van der Waals surface area contributed by atoms with E-state index < -0.39 is 17.4 Å². The van der Waals surface area contributed by atoms with Crippen LogP contribution in [-0.4, -0.2) is 23.0 Å². The van der Waals surface area contributed by atoms with E-state index in [0.717, 1.165) is 5.56 Å². The van der Waals surface area contributed by atoms with Gasteiger partial charge in [-0.15, -0.1) is 0 Å². The third-order valence-electron chi connectivity index (χ3n) is 3.33. The number of carboxylic acid groups (broad SMARTS) is 1. The van der Waals surface area contributed by atoms with Gasteiger partial charge < -0.3 is 10.4 Å². The smallest absolute Gasteiger partial charge is 0.326 e. The van der Waals surface area contributed by atoms with E-state index in [4.69, 9.17) is 0 Å². The van der Waals surface area contributed by atoms with Crippen LogP contribution < -0.4 is 5.32 Å². The number of hydrogen-bond acceptors (Lipinski definition) is 2. The normalized spacial score (nSPS) is 14.4. The van der Waals surface area contributed by atoms with E-state index in [9.17, 15) is 14.7 Å². The second kappa shape index (κ2) is 6.55. The summed E-state index contributed by atoms with van der Waals surface area (Å²) in [6.45, 7) is 7.32. The Balaban J connectivity index is 2.90. The van der Waals surface area contributed by atoms with Crippen LogP contribution in [0.15, 0.2) is 30.3 Å². The highest BCUT2D eigenvalue weighted by Gasteiger charge is 2.34. The summed E-state index contributed by atoms with van der Waals surface area (Å²) < 4.78 is 0. The summed E-state index contributed by atoms with van der Waals surface area (Å²) in [5.74, 6) is -1.56. The molecule has 1 unspecified atom stereocenters. The van der Waals surface area contributed by atoms with Crippen LogP contribution in [0.5, 0.6) is 0 Å². The van der Waals surface area contributed by atoms with Crippen molar-refractivity contribution in [1.82, 2.24) is 5.32 Å². The van der Waals surface area contributed by atoms with Gasteiger partial charge in [-0.3, -0.25) is 4.79 Å². The van der Waals surface area contributed by atoms with Crippen LogP contribution >= 0.6 is 0 Å². The van der Waals surface area contributed by atoms with Gasteiger partial charge in [-0.1, -0.05) is 58.0 Å². The van der Waals surface area contributed by atoms with Crippen molar-refractivity contribution in [2.24, 2.45) is 5.41 Å². The van der Waals surface area contributed by atoms with Crippen molar-refractivity contribution in [3.8, 4) is 0 Å². The van der Waals surface area contributed by atoms with Gasteiger partial charge in [-0.2, -0.15) is 0 Å². The van der Waals surface area contributed by atoms with Crippen LogP contribution in [0.2, 0.25) is 0 Å². The van der Waals surface area contributed by atoms with E-state index in [1.807, 2.05) is 37.3 Å². The van der Waals surface area contributed by atoms with E-state index >= 15 is 0 Å². The molecule has 0 saturated heterocycles. The first-order valence-electron chi connectivity index (χ1n) is 6.85. The minimum Gasteiger partial charge on any atom is -0.480 e. The molecule has 0 radical (unpaired) electrons. The van der Waals surface area contributed by atoms with Crippen LogP contribution in [0.1, 0.15) is 45.6 Å². The van der Waals surface area contributed by atoms with E-state index in [-0.39, 0.29) is 11.8 Å². The Morgan fingerprint density at radius 3 is 2.15 bits per heavy atom. The van der Waals surface area contributed by atoms with Gasteiger partial charge in [-0.05, 0) is 17.4 Å². The lowest BCUT2D eigenvalue weighted by atomic mass is 9.86. The van der Waals surface area contributed by atoms with Gasteiger partial charge in [0.15, 0.2) is 0 Å². The van der Waals surface area contributed by atoms with Crippen LogP contribution in [0.4, 0.5) is 0 Å². The molecule has 4 nitrogen and oxygen atoms in total. The molecule has 2 N–H and O–H groups in total. The Hall–Kier alpha value is -1.84. The second-order valence-corrected chi connectivity index (χ2v) is 6.02. The van der Waals surface area contributed by atoms with Crippen LogP contribution in [0.3, 0.4) is 0 Å². The molecule has 4 heteroatoms. The van der Waals surface area contributed by atoms with Crippen molar-refractivity contribution in [1.29, 1.82) is 0 Å². The summed E-state index contributed by atoms with van der Waals surface area (Å²) in [7, 11) is 0. The Bertz CT molecular complexity index is 462. The van der Waals surface area contributed by atoms with Gasteiger partial charge in [0.1, 0.15) is 6.04 Å². The number of hydrogen-bond donors (Lipinski definition) is 2. The third kappa shape index (κ3) is 4.08. The summed E-state index contributed by atoms with van der Waals surface area (Å²) in [6.07, 6.45) is 0.631. The summed E-state index contributed by atoms with van der Waals surface area (Å²) in [4.78, 5) is 23.7. The third-order valence-corrected chi connectivity index (χ3v) is 3.33. The monoisotopic (exact) mass is 277 g/mol. The largest absolute Gasteiger partial charge is 0.480 e. The van der Waals surface area contributed by atoms with Crippen LogP contribution in [0, 0.1) is 5.41 Å². The van der Waals surface area contributed by atoms with E-state index in [1.54, 1.807) is 20.8 Å². The fourth-order valence-electron chi connectivity index (χ4n) is 2.15. The Morgan fingerprint density at radius 1 is 1.20 bits per heavy atom. The number of amides is 1. The fraction of sp³-hybridized carbons (Fsp3) is 0.500. The van der Waals surface area contributed by atoms with Crippen molar-refractivity contribution in [3.05, 3.63) is 35.9 Å². The lowest BCUT2D eigenvalue weighted by molar-refractivity contribution is -0.145. The molecule has 0 aliphatic rings. The molecule has 0 heterocycles. The lowest BCUT2D eigenvalue weighted by Gasteiger charge is -2.29. The zero-order valence-corrected chi connectivity index (χ0v) is 12.5. The zero-order chi connectivity index (χ0) is 15.3. The van der Waals surface area contributed by atoms with Crippen molar-refractivity contribution in [2.75, 3.05) is 0 Å². The maximum absolute atomic E-state index is 12.4. The van der Waals surface area contributed by atoms with Crippen molar-refractivity contribution < 1.29 is 14.7 Å². The first-order valence-corrected chi connectivity index (χ1v) is 6.85. The first-order chi connectivity index (χ1) is 9.27. The second-order valence-electron chi connectivity index (χ2n) is 6.02. The molecule has 0 aromatic heterocycles. The molecule has 0 fully saturated rings. The lowest BCUT2D eigenvalue weighted by Crippen LogP contribution is -2.50. The van der Waals surface area contributed by atoms with Crippen LogP contribution in [-0.2, 0) is 9.59 Å². The standard InChI is InChI=1S/C16H23NO3/c1-5-12(11-9-7-6-8-10-11)14(18)17-13(15(19)20)16(2,3)4/h6-10,12-13H,5H2,1-4H3,(H,17,18)(H,19,20)/t12?,13-/m1/s1. The highest BCUT2D eigenvalue weighted by Crippen LogP contribution is 2.23. The molecule has 0 aliphatic carbocycles. The molecule has 1 aromatic carbocycles. The quantitative estimate of drug-likeness (QED) is 0.869. The molecule has 0 saturated carbocycles. The molecule has 0 spiro atoms. The maximum atomic E-state index is 12.4. The van der Waals surface area contributed by atoms with Gasteiger partial charge in [0, 0.05) is 0 Å². The molecule has 0 aliphatic heterocycles. The summed E-state index contributed by atoms with van der Waals surface area (Å²) in [6, 6.07) is 8.53. The van der Waals surface area contributed by atoms with E-state index in [0.29, 0.717) is 6.42 Å². The fourth-order valence-corrected chi connectivity index (χ4v) is 2.15. The number of carboxylic acids is 1. The highest BCUT2D eigenvalue weighted by atomic mass is 16.4. The molecule has 1 aromatic rings. The van der Waals surface area contributed by atoms with Gasteiger partial charge in [-0.25, -0.2) is 4.79 Å². The van der Waals surface area contributed by atoms with Gasteiger partial charge in [0.25, 0.3) is 0 Å². The van der Waals surface area contributed by atoms with E-state index in [1.165, 1.54) is 0 Å². The minimum absolute atomic E-state index is 0.235. The number of carbonyl (C=O) groups is 2. The summed E-state index contributed by atoms with van der Waals surface area (Å²) >= 11 is 0. The Kier molecular flexibility index (Phi) is 5.31. The van der Waals surface area contributed by atoms with Gasteiger partial charge >= 0.3 is 5.97 Å². The molecule has 20 heavy (non-hydrogen) atoms. The van der Waals surface area contributed by atoms with Crippen LogP contribution in [0.25, 0.3) is 0 Å². The average molecular weight is 277 g/mol. The summed E-state index contributed by atoms with van der Waals surface area (Å²) in [5, 5.41) is 11.9. The minimum atomic E-state index is -1.01. The average Bonchev–Trinajstić information content (AvgIpc) is 2.36. The molecule has 1 rings (SSSR count). The van der Waals surface area contributed by atoms with Crippen molar-refractivity contribution in [3.63, 3.8) is 0 Å². The number of nitrogens with one attached hydrogen (secondary N) is 1. The molecular weight excluding hydrogens is 254 g/mol. The topological polar surface area (TPSA) is 66.4 Å². The van der Waals surface area contributed by atoms with Crippen molar-refractivity contribution in [2.45, 2.75) is 46.1 Å². The van der Waals surface area contributed by atoms with E-state index in [2.05, 4.69) is 5.32 Å². The Labute approximate surface area is 120 Å². The van der Waals surface area contributed by atoms with Crippen molar-refractivity contribution >= 4 is 11.9 Å². The molecule has 1 amide bonds. The zero-order valence-electron chi connectivity index (χ0n) is 12.5. The van der Waals surface area contributed by atoms with Gasteiger partial charge in [0.2, 0.25) is 5.91 Å². The number of rotatable bonds is 5. The van der Waals surface area contributed by atoms with Gasteiger partial charge in [0.05, 0.1) is 5.92 Å². The number of benzene rings is 1. The SMILES string of the molecule is CCC(C(=O)N[C@H](C(=O)O)C(C)(C)C)c1ccccc1. The summed E-state index contributed by atoms with van der Waals surface area (Å²) in [5.41, 5.74) is 0.377. The predicted octanol–water partition coefficient (Wildman–Crippen LogP) is 2.80. The molecular formula is C16H23NO3. The first kappa shape index (κ1) is 16.2. The molecule has 0 bridgehead atoms.